The lowest BCUT2D eigenvalue weighted by molar-refractivity contribution is 0.466. The van der Waals surface area contributed by atoms with Gasteiger partial charge in [0.15, 0.2) is 5.96 Å². The molecule has 2 aromatic carbocycles. The predicted molar refractivity (Wildman–Crippen MR) is 82.7 cm³/mol. The number of aliphatic imine (C=N–C) groups is 1. The van der Waals surface area contributed by atoms with Crippen molar-refractivity contribution in [2.75, 3.05) is 0 Å². The highest BCUT2D eigenvalue weighted by molar-refractivity contribution is 6.30. The second kappa shape index (κ2) is 5.74. The smallest absolute Gasteiger partial charge is 0.189 e. The maximum absolute atomic E-state index is 13.9. The SMILES string of the molecule is NC1=NC(c2ccc(Cl)cc2)CC(c2ccccc2F)N1. The highest BCUT2D eigenvalue weighted by atomic mass is 35.5. The van der Waals surface area contributed by atoms with E-state index >= 15 is 0 Å². The van der Waals surface area contributed by atoms with Gasteiger partial charge in [-0.3, -0.25) is 0 Å². The van der Waals surface area contributed by atoms with Gasteiger partial charge in [-0.25, -0.2) is 9.38 Å². The lowest BCUT2D eigenvalue weighted by Crippen LogP contribution is -2.39. The largest absolute Gasteiger partial charge is 0.370 e. The Bertz CT molecular complexity index is 669. The minimum Gasteiger partial charge on any atom is -0.370 e. The van der Waals surface area contributed by atoms with Crippen molar-refractivity contribution < 1.29 is 4.39 Å². The molecule has 3 N–H and O–H groups in total. The van der Waals surface area contributed by atoms with Gasteiger partial charge < -0.3 is 11.1 Å². The van der Waals surface area contributed by atoms with Crippen molar-refractivity contribution >= 4 is 17.6 Å². The minimum absolute atomic E-state index is 0.104. The molecule has 0 aromatic heterocycles. The Labute approximate surface area is 127 Å². The molecule has 0 spiro atoms. The Morgan fingerprint density at radius 2 is 1.86 bits per heavy atom. The molecule has 1 aliphatic rings. The van der Waals surface area contributed by atoms with E-state index in [4.69, 9.17) is 17.3 Å². The molecule has 0 amide bonds. The van der Waals surface area contributed by atoms with Crippen LogP contribution >= 0.6 is 11.6 Å². The molecule has 0 radical (unpaired) electrons. The van der Waals surface area contributed by atoms with Gasteiger partial charge in [0, 0.05) is 10.6 Å². The van der Waals surface area contributed by atoms with E-state index in [0.29, 0.717) is 23.0 Å². The van der Waals surface area contributed by atoms with Gasteiger partial charge in [-0.15, -0.1) is 0 Å². The van der Waals surface area contributed by atoms with Crippen molar-refractivity contribution in [1.82, 2.24) is 5.32 Å². The van der Waals surface area contributed by atoms with Gasteiger partial charge >= 0.3 is 0 Å². The van der Waals surface area contributed by atoms with Crippen LogP contribution in [0.4, 0.5) is 4.39 Å². The standard InChI is InChI=1S/C16H15ClFN3/c17-11-7-5-10(6-8-11)14-9-15(21-16(19)20-14)12-3-1-2-4-13(12)18/h1-8,14-15H,9H2,(H3,19,20,21). The second-order valence-corrected chi connectivity index (χ2v) is 5.47. The van der Waals surface area contributed by atoms with Crippen LogP contribution in [0.5, 0.6) is 0 Å². The number of nitrogens with one attached hydrogen (secondary N) is 1. The Kier molecular flexibility index (Phi) is 3.80. The molecular formula is C16H15ClFN3. The summed E-state index contributed by atoms with van der Waals surface area (Å²) in [5.74, 6) is 0.0917. The zero-order chi connectivity index (χ0) is 14.8. The first-order valence-corrected chi connectivity index (χ1v) is 7.11. The topological polar surface area (TPSA) is 50.4 Å². The second-order valence-electron chi connectivity index (χ2n) is 5.04. The van der Waals surface area contributed by atoms with Crippen LogP contribution in [0.25, 0.3) is 0 Å². The zero-order valence-corrected chi connectivity index (χ0v) is 12.0. The van der Waals surface area contributed by atoms with Gasteiger partial charge in [0.2, 0.25) is 0 Å². The highest BCUT2D eigenvalue weighted by Gasteiger charge is 2.26. The fraction of sp³-hybridized carbons (Fsp3) is 0.188. The number of rotatable bonds is 2. The molecule has 2 aromatic rings. The van der Waals surface area contributed by atoms with E-state index in [0.717, 1.165) is 5.56 Å². The summed E-state index contributed by atoms with van der Waals surface area (Å²) in [5, 5.41) is 3.72. The van der Waals surface area contributed by atoms with Crippen molar-refractivity contribution in [3.8, 4) is 0 Å². The molecule has 1 heterocycles. The van der Waals surface area contributed by atoms with Crippen LogP contribution in [0.1, 0.15) is 29.6 Å². The van der Waals surface area contributed by atoms with Gasteiger partial charge in [0.05, 0.1) is 12.1 Å². The Morgan fingerprint density at radius 1 is 1.14 bits per heavy atom. The first-order chi connectivity index (χ1) is 10.1. The van der Waals surface area contributed by atoms with Crippen LogP contribution in [0.3, 0.4) is 0 Å². The average molecular weight is 304 g/mol. The van der Waals surface area contributed by atoms with Crippen LogP contribution in [0.15, 0.2) is 53.5 Å². The highest BCUT2D eigenvalue weighted by Crippen LogP contribution is 2.33. The molecule has 3 rings (SSSR count). The lowest BCUT2D eigenvalue weighted by Gasteiger charge is -2.29. The molecule has 0 aliphatic carbocycles. The van der Waals surface area contributed by atoms with Gasteiger partial charge in [-0.1, -0.05) is 41.9 Å². The van der Waals surface area contributed by atoms with Crippen LogP contribution in [0, 0.1) is 5.82 Å². The Morgan fingerprint density at radius 3 is 2.57 bits per heavy atom. The number of hydrogen-bond acceptors (Lipinski definition) is 3. The van der Waals surface area contributed by atoms with Gasteiger partial charge in [0.25, 0.3) is 0 Å². The third-order valence-corrected chi connectivity index (χ3v) is 3.86. The molecule has 108 valence electrons. The summed E-state index contributed by atoms with van der Waals surface area (Å²) in [5.41, 5.74) is 7.49. The summed E-state index contributed by atoms with van der Waals surface area (Å²) < 4.78 is 13.9. The van der Waals surface area contributed by atoms with Crippen molar-refractivity contribution in [2.24, 2.45) is 10.7 Å². The predicted octanol–water partition coefficient (Wildman–Crippen LogP) is 3.57. The third kappa shape index (κ3) is 3.00. The first kappa shape index (κ1) is 13.9. The van der Waals surface area contributed by atoms with Crippen molar-refractivity contribution in [2.45, 2.75) is 18.5 Å². The first-order valence-electron chi connectivity index (χ1n) is 6.73. The number of hydrogen-bond donors (Lipinski definition) is 2. The minimum atomic E-state index is -0.237. The fourth-order valence-corrected chi connectivity index (χ4v) is 2.70. The van der Waals surface area contributed by atoms with Crippen LogP contribution in [0.2, 0.25) is 5.02 Å². The Hall–Kier alpha value is -2.07. The summed E-state index contributed by atoms with van der Waals surface area (Å²) in [7, 11) is 0. The molecule has 3 nitrogen and oxygen atoms in total. The van der Waals surface area contributed by atoms with E-state index in [2.05, 4.69) is 10.3 Å². The van der Waals surface area contributed by atoms with Crippen LogP contribution < -0.4 is 11.1 Å². The van der Waals surface area contributed by atoms with E-state index in [1.165, 1.54) is 6.07 Å². The van der Waals surface area contributed by atoms with Crippen LogP contribution in [-0.4, -0.2) is 5.96 Å². The van der Waals surface area contributed by atoms with E-state index in [1.807, 2.05) is 30.3 Å². The summed E-state index contributed by atoms with van der Waals surface area (Å²) in [6.45, 7) is 0. The molecule has 1 aliphatic heterocycles. The normalized spacial score (nSPS) is 21.5. The number of nitrogens with zero attached hydrogens (tertiary/aromatic N) is 1. The lowest BCUT2D eigenvalue weighted by atomic mass is 9.93. The number of benzene rings is 2. The van der Waals surface area contributed by atoms with Gasteiger partial charge in [-0.05, 0) is 30.2 Å². The third-order valence-electron chi connectivity index (χ3n) is 3.61. The molecular weight excluding hydrogens is 289 g/mol. The monoisotopic (exact) mass is 303 g/mol. The average Bonchev–Trinajstić information content (AvgIpc) is 2.48. The molecule has 0 saturated carbocycles. The summed E-state index contributed by atoms with van der Waals surface area (Å²) in [6, 6.07) is 13.9. The fourth-order valence-electron chi connectivity index (χ4n) is 2.58. The molecule has 2 unspecified atom stereocenters. The number of nitrogens with two attached hydrogens (primary N) is 1. The summed E-state index contributed by atoms with van der Waals surface area (Å²) >= 11 is 5.90. The molecule has 21 heavy (non-hydrogen) atoms. The maximum Gasteiger partial charge on any atom is 0.189 e. The summed E-state index contributed by atoms with van der Waals surface area (Å²) in [6.07, 6.45) is 0.642. The van der Waals surface area contributed by atoms with Crippen molar-refractivity contribution in [3.05, 3.63) is 70.5 Å². The van der Waals surface area contributed by atoms with E-state index < -0.39 is 0 Å². The molecule has 2 atom stereocenters. The number of guanidine groups is 1. The van der Waals surface area contributed by atoms with Crippen molar-refractivity contribution in [1.29, 1.82) is 0 Å². The summed E-state index contributed by atoms with van der Waals surface area (Å²) in [4.78, 5) is 4.41. The van der Waals surface area contributed by atoms with E-state index in [-0.39, 0.29) is 17.9 Å². The van der Waals surface area contributed by atoms with E-state index in [9.17, 15) is 4.39 Å². The molecule has 0 bridgehead atoms. The zero-order valence-electron chi connectivity index (χ0n) is 11.3. The maximum atomic E-state index is 13.9. The van der Waals surface area contributed by atoms with Gasteiger partial charge in [0.1, 0.15) is 5.82 Å². The van der Waals surface area contributed by atoms with Crippen molar-refractivity contribution in [3.63, 3.8) is 0 Å². The molecule has 0 saturated heterocycles. The molecule has 0 fully saturated rings. The van der Waals surface area contributed by atoms with Gasteiger partial charge in [-0.2, -0.15) is 0 Å². The van der Waals surface area contributed by atoms with Crippen LogP contribution in [-0.2, 0) is 0 Å². The number of halogens is 2. The quantitative estimate of drug-likeness (QED) is 0.891. The Balaban J connectivity index is 1.89. The molecule has 5 heteroatoms. The van der Waals surface area contributed by atoms with E-state index in [1.54, 1.807) is 12.1 Å².